The van der Waals surface area contributed by atoms with Crippen molar-refractivity contribution in [3.05, 3.63) is 89.1 Å². The lowest BCUT2D eigenvalue weighted by Crippen LogP contribution is -2.14. The number of fused-ring (bicyclic) bond motifs is 1. The Kier molecular flexibility index (Phi) is 4.86. The number of nitrogens with zero attached hydrogens (tertiary/aromatic N) is 1. The Balaban J connectivity index is 1.57. The van der Waals surface area contributed by atoms with Crippen molar-refractivity contribution >= 4 is 23.4 Å². The third kappa shape index (κ3) is 3.82. The highest BCUT2D eigenvalue weighted by molar-refractivity contribution is 5.97. The third-order valence-electron chi connectivity index (χ3n) is 4.34. The minimum Gasteiger partial charge on any atom is -0.417 e. The molecule has 0 aliphatic carbocycles. The predicted octanol–water partition coefficient (Wildman–Crippen LogP) is 4.87. The van der Waals surface area contributed by atoms with Crippen molar-refractivity contribution in [3.8, 4) is 0 Å². The molecule has 1 N–H and O–H groups in total. The van der Waals surface area contributed by atoms with Gasteiger partial charge in [-0.05, 0) is 36.4 Å². The topological polar surface area (TPSA) is 77.5 Å². The van der Waals surface area contributed by atoms with Crippen molar-refractivity contribution in [2.75, 3.05) is 5.32 Å². The van der Waals surface area contributed by atoms with Crippen molar-refractivity contribution < 1.29 is 32.2 Å². The molecule has 1 atom stereocenters. The Morgan fingerprint density at radius 2 is 1.87 bits per heavy atom. The molecule has 0 saturated heterocycles. The number of hydrogen-bond acceptors (Lipinski definition) is 6. The van der Waals surface area contributed by atoms with Gasteiger partial charge >= 0.3 is 18.1 Å². The number of halogens is 3. The fraction of sp³-hybridized carbons (Fsp3) is 0.0952. The number of anilines is 2. The van der Waals surface area contributed by atoms with Gasteiger partial charge in [0, 0.05) is 17.4 Å². The first-order valence-electron chi connectivity index (χ1n) is 8.73. The van der Waals surface area contributed by atoms with Crippen LogP contribution < -0.4 is 5.32 Å². The van der Waals surface area contributed by atoms with E-state index in [0.29, 0.717) is 11.1 Å². The standard InChI is InChI=1S/C21H13F3N2O4/c22-21(23,24)12-5-3-6-13(11-12)26-17-16(9-4-10-25-17)19(28)30-20-15-8-2-1-7-14(15)18(27)29-20/h1-11,20H,(H,25,26)/t20-/m0/s1. The lowest BCUT2D eigenvalue weighted by molar-refractivity contribution is -0.137. The van der Waals surface area contributed by atoms with Gasteiger partial charge in [0.1, 0.15) is 11.4 Å². The molecule has 6 nitrogen and oxygen atoms in total. The predicted molar refractivity (Wildman–Crippen MR) is 99.0 cm³/mol. The summed E-state index contributed by atoms with van der Waals surface area (Å²) in [5.41, 5.74) is -0.0801. The normalized spacial score (nSPS) is 15.3. The molecule has 0 fully saturated rings. The largest absolute Gasteiger partial charge is 0.417 e. The van der Waals surface area contributed by atoms with Crippen LogP contribution in [0.15, 0.2) is 66.9 Å². The lowest BCUT2D eigenvalue weighted by atomic mass is 10.1. The average Bonchev–Trinajstić information content (AvgIpc) is 3.04. The molecule has 3 aromatic rings. The zero-order chi connectivity index (χ0) is 21.3. The second-order valence-electron chi connectivity index (χ2n) is 6.33. The summed E-state index contributed by atoms with van der Waals surface area (Å²) in [5, 5.41) is 2.70. The highest BCUT2D eigenvalue weighted by atomic mass is 19.4. The van der Waals surface area contributed by atoms with Crippen LogP contribution in [-0.2, 0) is 15.7 Å². The number of esters is 2. The third-order valence-corrected chi connectivity index (χ3v) is 4.34. The number of cyclic esters (lactones) is 1. The summed E-state index contributed by atoms with van der Waals surface area (Å²) in [7, 11) is 0. The second kappa shape index (κ2) is 7.51. The van der Waals surface area contributed by atoms with E-state index in [1.165, 1.54) is 30.5 Å². The summed E-state index contributed by atoms with van der Waals surface area (Å²) in [4.78, 5) is 28.6. The maximum atomic E-state index is 12.9. The molecule has 9 heteroatoms. The van der Waals surface area contributed by atoms with Crippen molar-refractivity contribution in [3.63, 3.8) is 0 Å². The first-order chi connectivity index (χ1) is 14.3. The van der Waals surface area contributed by atoms with E-state index < -0.39 is 30.0 Å². The SMILES string of the molecule is O=C1O[C@@H](OC(=O)c2cccnc2Nc2cccc(C(F)(F)F)c2)c2ccccc21. The summed E-state index contributed by atoms with van der Waals surface area (Å²) >= 11 is 0. The van der Waals surface area contributed by atoms with Gasteiger partial charge in [0.2, 0.25) is 0 Å². The quantitative estimate of drug-likeness (QED) is 0.614. The van der Waals surface area contributed by atoms with Crippen molar-refractivity contribution in [2.24, 2.45) is 0 Å². The second-order valence-corrected chi connectivity index (χ2v) is 6.33. The zero-order valence-electron chi connectivity index (χ0n) is 15.1. The van der Waals surface area contributed by atoms with Crippen LogP contribution >= 0.6 is 0 Å². The molecule has 0 spiro atoms. The zero-order valence-corrected chi connectivity index (χ0v) is 15.1. The maximum absolute atomic E-state index is 12.9. The number of rotatable bonds is 4. The number of ether oxygens (including phenoxy) is 2. The molecule has 2 heterocycles. The molecule has 0 amide bonds. The van der Waals surface area contributed by atoms with Crippen molar-refractivity contribution in [1.82, 2.24) is 4.98 Å². The van der Waals surface area contributed by atoms with Gasteiger partial charge in [-0.15, -0.1) is 0 Å². The molecule has 0 saturated carbocycles. The summed E-state index contributed by atoms with van der Waals surface area (Å²) < 4.78 is 49.2. The Morgan fingerprint density at radius 1 is 1.07 bits per heavy atom. The molecular formula is C21H13F3N2O4. The Labute approximate surface area is 168 Å². The van der Waals surface area contributed by atoms with Crippen molar-refractivity contribution in [1.29, 1.82) is 0 Å². The minimum atomic E-state index is -4.51. The van der Waals surface area contributed by atoms with Crippen LogP contribution in [0.3, 0.4) is 0 Å². The number of carbonyl (C=O) groups is 2. The van der Waals surface area contributed by atoms with Crippen LogP contribution in [0.4, 0.5) is 24.7 Å². The molecular weight excluding hydrogens is 401 g/mol. The van der Waals surface area contributed by atoms with E-state index in [9.17, 15) is 22.8 Å². The van der Waals surface area contributed by atoms with Gasteiger partial charge in [0.05, 0.1) is 11.1 Å². The highest BCUT2D eigenvalue weighted by Crippen LogP contribution is 2.34. The smallest absolute Gasteiger partial charge is 0.416 e. The number of pyridine rings is 1. The molecule has 1 aromatic heterocycles. The molecule has 0 radical (unpaired) electrons. The van der Waals surface area contributed by atoms with E-state index in [1.54, 1.807) is 24.3 Å². The Morgan fingerprint density at radius 3 is 2.67 bits per heavy atom. The number of benzene rings is 2. The van der Waals surface area contributed by atoms with Gasteiger partial charge in [0.25, 0.3) is 6.29 Å². The van der Waals surface area contributed by atoms with Crippen LogP contribution in [0.2, 0.25) is 0 Å². The molecule has 0 unspecified atom stereocenters. The van der Waals surface area contributed by atoms with Crippen LogP contribution in [0.5, 0.6) is 0 Å². The number of carbonyl (C=O) groups excluding carboxylic acids is 2. The molecule has 0 bridgehead atoms. The number of nitrogens with one attached hydrogen (secondary N) is 1. The van der Waals surface area contributed by atoms with Crippen LogP contribution in [0.1, 0.15) is 38.1 Å². The summed E-state index contributed by atoms with van der Waals surface area (Å²) in [6.07, 6.45) is -4.36. The van der Waals surface area contributed by atoms with Gasteiger partial charge in [-0.2, -0.15) is 13.2 Å². The average molecular weight is 414 g/mol. The highest BCUT2D eigenvalue weighted by Gasteiger charge is 2.34. The van der Waals surface area contributed by atoms with E-state index in [-0.39, 0.29) is 17.1 Å². The van der Waals surface area contributed by atoms with Crippen molar-refractivity contribution in [2.45, 2.75) is 12.5 Å². The van der Waals surface area contributed by atoms with Gasteiger partial charge in [-0.25, -0.2) is 14.6 Å². The van der Waals surface area contributed by atoms with Gasteiger partial charge in [0.15, 0.2) is 0 Å². The summed E-state index contributed by atoms with van der Waals surface area (Å²) in [5.74, 6) is -1.47. The van der Waals surface area contributed by atoms with E-state index in [0.717, 1.165) is 12.1 Å². The fourth-order valence-corrected chi connectivity index (χ4v) is 2.94. The van der Waals surface area contributed by atoms with E-state index >= 15 is 0 Å². The van der Waals surface area contributed by atoms with Gasteiger partial charge in [-0.3, -0.25) is 0 Å². The Bertz CT molecular complexity index is 1130. The van der Waals surface area contributed by atoms with Gasteiger partial charge in [-0.1, -0.05) is 24.3 Å². The number of alkyl halides is 3. The summed E-state index contributed by atoms with van der Waals surface area (Å²) in [6.45, 7) is 0. The first kappa shape index (κ1) is 19.4. The fourth-order valence-electron chi connectivity index (χ4n) is 2.94. The molecule has 2 aromatic carbocycles. The van der Waals surface area contributed by atoms with Crippen LogP contribution in [-0.4, -0.2) is 16.9 Å². The number of aromatic nitrogens is 1. The maximum Gasteiger partial charge on any atom is 0.416 e. The molecule has 1 aliphatic rings. The Hall–Kier alpha value is -3.88. The molecule has 4 rings (SSSR count). The van der Waals surface area contributed by atoms with E-state index in [2.05, 4.69) is 10.3 Å². The number of hydrogen-bond donors (Lipinski definition) is 1. The minimum absolute atomic E-state index is 0.000525. The van der Waals surface area contributed by atoms with Crippen LogP contribution in [0, 0.1) is 0 Å². The molecule has 152 valence electrons. The van der Waals surface area contributed by atoms with Gasteiger partial charge < -0.3 is 14.8 Å². The monoisotopic (exact) mass is 414 g/mol. The lowest BCUT2D eigenvalue weighted by Gasteiger charge is -2.15. The van der Waals surface area contributed by atoms with Crippen LogP contribution in [0.25, 0.3) is 0 Å². The van der Waals surface area contributed by atoms with E-state index in [1.807, 2.05) is 0 Å². The molecule has 30 heavy (non-hydrogen) atoms. The molecule has 1 aliphatic heterocycles. The summed E-state index contributed by atoms with van der Waals surface area (Å²) in [6, 6.07) is 13.8. The van der Waals surface area contributed by atoms with E-state index in [4.69, 9.17) is 9.47 Å². The first-order valence-corrected chi connectivity index (χ1v) is 8.73.